The number of carbonyl (C=O) groups excluding carboxylic acids is 1. The molecule has 0 saturated heterocycles. The third-order valence-corrected chi connectivity index (χ3v) is 5.28. The Balaban J connectivity index is 1.52. The van der Waals surface area contributed by atoms with Crippen molar-refractivity contribution in [3.05, 3.63) is 56.7 Å². The van der Waals surface area contributed by atoms with Crippen LogP contribution in [0.4, 0.5) is 0 Å². The number of aromatic nitrogens is 1. The molecular weight excluding hydrogens is 336 g/mol. The van der Waals surface area contributed by atoms with Crippen molar-refractivity contribution < 1.29 is 4.79 Å². The minimum atomic E-state index is -0.109. The van der Waals surface area contributed by atoms with Crippen LogP contribution in [-0.2, 0) is 11.2 Å². The summed E-state index contributed by atoms with van der Waals surface area (Å²) in [4.78, 5) is 17.4. The van der Waals surface area contributed by atoms with Crippen molar-refractivity contribution in [1.29, 1.82) is 0 Å². The molecule has 0 fully saturated rings. The summed E-state index contributed by atoms with van der Waals surface area (Å²) in [6.45, 7) is 0.597. The lowest BCUT2D eigenvalue weighted by atomic mass is 10.3. The maximum atomic E-state index is 11.8. The molecule has 1 amide bonds. The van der Waals surface area contributed by atoms with Crippen molar-refractivity contribution in [2.75, 3.05) is 6.54 Å². The van der Waals surface area contributed by atoms with Gasteiger partial charge in [0, 0.05) is 17.5 Å². The molecule has 0 unspecified atom stereocenters. The molecular formula is C16H13ClN2OS2. The summed E-state index contributed by atoms with van der Waals surface area (Å²) < 4.78 is 1.90. The zero-order valence-electron chi connectivity index (χ0n) is 11.6. The minimum absolute atomic E-state index is 0.109. The molecule has 0 spiro atoms. The number of thiophene rings is 1. The van der Waals surface area contributed by atoms with Gasteiger partial charge in [-0.05, 0) is 36.8 Å². The highest BCUT2D eigenvalue weighted by Crippen LogP contribution is 2.22. The zero-order chi connectivity index (χ0) is 15.4. The van der Waals surface area contributed by atoms with Crippen molar-refractivity contribution in [2.45, 2.75) is 6.42 Å². The molecule has 0 radical (unpaired) electrons. The van der Waals surface area contributed by atoms with Gasteiger partial charge in [0.25, 0.3) is 0 Å². The van der Waals surface area contributed by atoms with Gasteiger partial charge in [0.15, 0.2) is 0 Å². The molecule has 3 rings (SSSR count). The van der Waals surface area contributed by atoms with Gasteiger partial charge in [-0.25, -0.2) is 4.98 Å². The smallest absolute Gasteiger partial charge is 0.244 e. The molecule has 2 heterocycles. The number of nitrogens with zero attached hydrogens (tertiary/aromatic N) is 1. The summed E-state index contributed by atoms with van der Waals surface area (Å²) in [5, 5.41) is 3.69. The van der Waals surface area contributed by atoms with Crippen molar-refractivity contribution >= 4 is 56.5 Å². The number of para-hydroxylation sites is 1. The molecule has 6 heteroatoms. The van der Waals surface area contributed by atoms with E-state index in [1.807, 2.05) is 36.4 Å². The van der Waals surface area contributed by atoms with Gasteiger partial charge in [0.2, 0.25) is 5.91 Å². The van der Waals surface area contributed by atoms with Gasteiger partial charge in [-0.15, -0.1) is 22.7 Å². The van der Waals surface area contributed by atoms with Crippen LogP contribution in [0.5, 0.6) is 0 Å². The maximum absolute atomic E-state index is 11.8. The average molecular weight is 349 g/mol. The Labute approximate surface area is 141 Å². The SMILES string of the molecule is O=C(C=Cc1nc2ccccc2s1)NCCc1ccc(Cl)s1. The maximum Gasteiger partial charge on any atom is 0.244 e. The molecule has 0 aliphatic carbocycles. The highest BCUT2D eigenvalue weighted by Gasteiger charge is 2.02. The highest BCUT2D eigenvalue weighted by atomic mass is 35.5. The van der Waals surface area contributed by atoms with Crippen molar-refractivity contribution in [3.63, 3.8) is 0 Å². The number of amides is 1. The molecule has 0 aliphatic rings. The van der Waals surface area contributed by atoms with Gasteiger partial charge in [-0.1, -0.05) is 23.7 Å². The number of nitrogens with one attached hydrogen (secondary N) is 1. The fourth-order valence-electron chi connectivity index (χ4n) is 1.96. The van der Waals surface area contributed by atoms with Gasteiger partial charge in [-0.2, -0.15) is 0 Å². The van der Waals surface area contributed by atoms with E-state index in [0.29, 0.717) is 6.54 Å². The van der Waals surface area contributed by atoms with E-state index in [1.165, 1.54) is 22.3 Å². The Morgan fingerprint density at radius 2 is 2.09 bits per heavy atom. The fraction of sp³-hybridized carbons (Fsp3) is 0.125. The fourth-order valence-corrected chi connectivity index (χ4v) is 3.92. The Kier molecular flexibility index (Phi) is 4.87. The van der Waals surface area contributed by atoms with Crippen molar-refractivity contribution in [1.82, 2.24) is 10.3 Å². The van der Waals surface area contributed by atoms with Gasteiger partial charge in [0.05, 0.1) is 14.6 Å². The van der Waals surface area contributed by atoms with Gasteiger partial charge >= 0.3 is 0 Å². The highest BCUT2D eigenvalue weighted by molar-refractivity contribution is 7.19. The first kappa shape index (κ1) is 15.2. The minimum Gasteiger partial charge on any atom is -0.352 e. The second-order valence-electron chi connectivity index (χ2n) is 4.60. The van der Waals surface area contributed by atoms with Crippen LogP contribution in [0.2, 0.25) is 4.34 Å². The first-order valence-electron chi connectivity index (χ1n) is 6.76. The first-order chi connectivity index (χ1) is 10.7. The van der Waals surface area contributed by atoms with E-state index < -0.39 is 0 Å². The van der Waals surface area contributed by atoms with E-state index in [2.05, 4.69) is 10.3 Å². The molecule has 0 saturated carbocycles. The number of fused-ring (bicyclic) bond motifs is 1. The van der Waals surface area contributed by atoms with Crippen LogP contribution in [-0.4, -0.2) is 17.4 Å². The zero-order valence-corrected chi connectivity index (χ0v) is 14.0. The van der Waals surface area contributed by atoms with Crippen LogP contribution >= 0.6 is 34.3 Å². The largest absolute Gasteiger partial charge is 0.352 e. The normalized spacial score (nSPS) is 11.3. The third kappa shape index (κ3) is 3.94. The van der Waals surface area contributed by atoms with Crippen LogP contribution in [0.1, 0.15) is 9.88 Å². The number of rotatable bonds is 5. The lowest BCUT2D eigenvalue weighted by molar-refractivity contribution is -0.116. The molecule has 1 N–H and O–H groups in total. The Hall–Kier alpha value is -1.69. The molecule has 0 atom stereocenters. The Bertz CT molecular complexity index is 789. The molecule has 112 valence electrons. The number of thiazole rings is 1. The van der Waals surface area contributed by atoms with E-state index >= 15 is 0 Å². The number of halogens is 1. The Morgan fingerprint density at radius 1 is 1.23 bits per heavy atom. The van der Waals surface area contributed by atoms with Crippen LogP contribution in [0, 0.1) is 0 Å². The predicted octanol–water partition coefficient (Wildman–Crippen LogP) is 4.38. The first-order valence-corrected chi connectivity index (χ1v) is 8.77. The van der Waals surface area contributed by atoms with Crippen molar-refractivity contribution in [2.24, 2.45) is 0 Å². The number of carbonyl (C=O) groups is 1. The number of hydrogen-bond donors (Lipinski definition) is 1. The van der Waals surface area contributed by atoms with E-state index in [9.17, 15) is 4.79 Å². The summed E-state index contributed by atoms with van der Waals surface area (Å²) in [5.41, 5.74) is 0.960. The monoisotopic (exact) mass is 348 g/mol. The lowest BCUT2D eigenvalue weighted by Crippen LogP contribution is -2.23. The standard InChI is InChI=1S/C16H13ClN2OS2/c17-14-6-5-11(21-14)9-10-18-15(20)7-8-16-19-12-3-1-2-4-13(12)22-16/h1-8H,9-10H2,(H,18,20). The molecule has 22 heavy (non-hydrogen) atoms. The molecule has 0 bridgehead atoms. The van der Waals surface area contributed by atoms with Gasteiger partial charge in [0.1, 0.15) is 5.01 Å². The van der Waals surface area contributed by atoms with E-state index in [4.69, 9.17) is 11.6 Å². The molecule has 0 aliphatic heterocycles. The van der Waals surface area contributed by atoms with Crippen molar-refractivity contribution in [3.8, 4) is 0 Å². The van der Waals surface area contributed by atoms with E-state index in [-0.39, 0.29) is 5.91 Å². The summed E-state index contributed by atoms with van der Waals surface area (Å²) in [7, 11) is 0. The second kappa shape index (κ2) is 7.05. The number of benzene rings is 1. The van der Waals surface area contributed by atoms with Crippen LogP contribution in [0.25, 0.3) is 16.3 Å². The topological polar surface area (TPSA) is 42.0 Å². The van der Waals surface area contributed by atoms with Crippen LogP contribution in [0.15, 0.2) is 42.5 Å². The molecule has 3 nitrogen and oxygen atoms in total. The third-order valence-electron chi connectivity index (χ3n) is 2.99. The average Bonchev–Trinajstić information content (AvgIpc) is 3.11. The quantitative estimate of drug-likeness (QED) is 0.695. The van der Waals surface area contributed by atoms with Crippen LogP contribution in [0.3, 0.4) is 0 Å². The lowest BCUT2D eigenvalue weighted by Gasteiger charge is -1.99. The summed E-state index contributed by atoms with van der Waals surface area (Å²) >= 11 is 8.98. The second-order valence-corrected chi connectivity index (χ2v) is 7.46. The molecule has 1 aromatic carbocycles. The summed E-state index contributed by atoms with van der Waals surface area (Å²) in [6.07, 6.45) is 4.07. The predicted molar refractivity (Wildman–Crippen MR) is 94.7 cm³/mol. The van der Waals surface area contributed by atoms with E-state index in [1.54, 1.807) is 17.4 Å². The number of hydrogen-bond acceptors (Lipinski definition) is 4. The van der Waals surface area contributed by atoms with Gasteiger partial charge in [-0.3, -0.25) is 4.79 Å². The summed E-state index contributed by atoms with van der Waals surface area (Å²) in [5.74, 6) is -0.109. The van der Waals surface area contributed by atoms with Gasteiger partial charge < -0.3 is 5.32 Å². The summed E-state index contributed by atoms with van der Waals surface area (Å²) in [6, 6.07) is 11.8. The Morgan fingerprint density at radius 3 is 2.86 bits per heavy atom. The van der Waals surface area contributed by atoms with Crippen LogP contribution < -0.4 is 5.32 Å². The van der Waals surface area contributed by atoms with E-state index in [0.717, 1.165) is 26.0 Å². The molecule has 2 aromatic heterocycles. The molecule has 3 aromatic rings.